The molecule has 0 aliphatic rings. The van der Waals surface area contributed by atoms with Gasteiger partial charge in [0, 0.05) is 3.57 Å². The van der Waals surface area contributed by atoms with Gasteiger partial charge in [-0.05, 0) is 48.6 Å². The van der Waals surface area contributed by atoms with Gasteiger partial charge >= 0.3 is 0 Å². The number of rotatable bonds is 1. The number of para-hydroxylation sites is 1. The minimum Gasteiger partial charge on any atom is -0.333 e. The largest absolute Gasteiger partial charge is 0.333 e. The molecule has 4 heteroatoms. The molecule has 3 nitrogen and oxygen atoms in total. The molecule has 0 spiro atoms. The van der Waals surface area contributed by atoms with E-state index in [9.17, 15) is 0 Å². The van der Waals surface area contributed by atoms with E-state index < -0.39 is 0 Å². The zero-order valence-electron chi connectivity index (χ0n) is 8.13. The lowest BCUT2D eigenvalue weighted by atomic mass is 10.3. The van der Waals surface area contributed by atoms with Crippen molar-refractivity contribution in [1.29, 1.82) is 5.41 Å². The third-order valence-electron chi connectivity index (χ3n) is 1.51. The van der Waals surface area contributed by atoms with Crippen LogP contribution in [0.5, 0.6) is 0 Å². The summed E-state index contributed by atoms with van der Waals surface area (Å²) in [5.74, 6) is 1.14. The summed E-state index contributed by atoms with van der Waals surface area (Å²) in [6.07, 6.45) is 0. The van der Waals surface area contributed by atoms with E-state index in [4.69, 9.17) is 5.41 Å². The molecule has 0 fully saturated rings. The van der Waals surface area contributed by atoms with E-state index in [1.54, 1.807) is 6.92 Å². The quantitative estimate of drug-likeness (QED) is 0.468. The minimum atomic E-state index is 0.400. The number of hydrogen-bond acceptors (Lipinski definition) is 2. The number of nitrogens with one attached hydrogen (secondary N) is 2. The molecule has 0 aliphatic carbocycles. The average Bonchev–Trinajstić information content (AvgIpc) is 2.07. The molecule has 0 atom stereocenters. The van der Waals surface area contributed by atoms with Crippen LogP contribution in [0.2, 0.25) is 0 Å². The van der Waals surface area contributed by atoms with Gasteiger partial charge in [-0.2, -0.15) is 0 Å². The van der Waals surface area contributed by atoms with Crippen molar-refractivity contribution < 1.29 is 0 Å². The van der Waals surface area contributed by atoms with Crippen LogP contribution in [0.25, 0.3) is 0 Å². The van der Waals surface area contributed by atoms with Gasteiger partial charge in [-0.25, -0.2) is 4.99 Å². The van der Waals surface area contributed by atoms with Gasteiger partial charge in [0.15, 0.2) is 0 Å². The second-order valence-corrected chi connectivity index (χ2v) is 4.06. The Hall–Kier alpha value is -0.910. The van der Waals surface area contributed by atoms with E-state index in [1.165, 1.54) is 0 Å². The summed E-state index contributed by atoms with van der Waals surface area (Å²) in [6, 6.07) is 7.88. The van der Waals surface area contributed by atoms with Crippen LogP contribution < -0.4 is 5.32 Å². The van der Waals surface area contributed by atoms with E-state index in [0.717, 1.165) is 15.1 Å². The third-order valence-corrected chi connectivity index (χ3v) is 2.42. The van der Waals surface area contributed by atoms with Crippen LogP contribution in [0, 0.1) is 8.98 Å². The molecule has 0 saturated carbocycles. The average molecular weight is 301 g/mol. The Labute approximate surface area is 97.3 Å². The fraction of sp³-hybridized carbons (Fsp3) is 0.200. The first-order chi connectivity index (χ1) is 6.59. The summed E-state index contributed by atoms with van der Waals surface area (Å²) in [6.45, 7) is 3.54. The number of hydrogen-bond donors (Lipinski definition) is 2. The standard InChI is InChI=1S/C10H12IN3/c1-7(12)13-8(2)14-10-6-4-3-5-9(10)11/h3-6H,1-2H3,(H2,12,13,14). The molecule has 0 radical (unpaired) electrons. The zero-order valence-corrected chi connectivity index (χ0v) is 10.3. The summed E-state index contributed by atoms with van der Waals surface area (Å²) >= 11 is 2.24. The fourth-order valence-corrected chi connectivity index (χ4v) is 1.53. The Morgan fingerprint density at radius 3 is 2.57 bits per heavy atom. The van der Waals surface area contributed by atoms with Crippen LogP contribution in [0.4, 0.5) is 5.69 Å². The van der Waals surface area contributed by atoms with E-state index in [0.29, 0.717) is 5.84 Å². The molecule has 0 saturated heterocycles. The molecular weight excluding hydrogens is 289 g/mol. The zero-order chi connectivity index (χ0) is 10.6. The van der Waals surface area contributed by atoms with Gasteiger partial charge in [-0.1, -0.05) is 12.1 Å². The second kappa shape index (κ2) is 5.09. The summed E-state index contributed by atoms with van der Waals surface area (Å²) in [4.78, 5) is 4.36. The molecule has 2 N–H and O–H groups in total. The number of nitrogens with zero attached hydrogens (tertiary/aromatic N) is 1. The maximum Gasteiger partial charge on any atom is 0.104 e. The molecule has 0 aliphatic heterocycles. The van der Waals surface area contributed by atoms with Crippen molar-refractivity contribution in [2.24, 2.45) is 4.99 Å². The SMILES string of the molecule is CC(=N)N/C(C)=N/c1ccccc1I. The number of aliphatic imine (C=N–C) groups is 1. The maximum absolute atomic E-state index is 7.25. The Balaban J connectivity index is 2.86. The number of benzene rings is 1. The minimum absolute atomic E-state index is 0.400. The molecule has 74 valence electrons. The normalized spacial score (nSPS) is 11.2. The molecular formula is C10H12IN3. The lowest BCUT2D eigenvalue weighted by molar-refractivity contribution is 1.24. The molecule has 1 rings (SSSR count). The van der Waals surface area contributed by atoms with Crippen LogP contribution in [0.15, 0.2) is 29.3 Å². The fourth-order valence-electron chi connectivity index (χ4n) is 1.02. The molecule has 14 heavy (non-hydrogen) atoms. The number of amidine groups is 2. The second-order valence-electron chi connectivity index (χ2n) is 2.90. The summed E-state index contributed by atoms with van der Waals surface area (Å²) in [7, 11) is 0. The van der Waals surface area contributed by atoms with Crippen LogP contribution in [-0.2, 0) is 0 Å². The van der Waals surface area contributed by atoms with Gasteiger partial charge in [0.1, 0.15) is 5.84 Å². The highest BCUT2D eigenvalue weighted by atomic mass is 127. The van der Waals surface area contributed by atoms with E-state index >= 15 is 0 Å². The van der Waals surface area contributed by atoms with Crippen molar-refractivity contribution in [3.05, 3.63) is 27.8 Å². The summed E-state index contributed by atoms with van der Waals surface area (Å²) in [5, 5.41) is 10.1. The van der Waals surface area contributed by atoms with Crippen molar-refractivity contribution in [1.82, 2.24) is 5.32 Å². The molecule has 0 unspecified atom stereocenters. The van der Waals surface area contributed by atoms with Crippen molar-refractivity contribution in [3.8, 4) is 0 Å². The van der Waals surface area contributed by atoms with E-state index in [-0.39, 0.29) is 0 Å². The Kier molecular flexibility index (Phi) is 4.06. The van der Waals surface area contributed by atoms with Crippen molar-refractivity contribution >= 4 is 39.9 Å². The topological polar surface area (TPSA) is 48.2 Å². The lowest BCUT2D eigenvalue weighted by Crippen LogP contribution is -2.24. The van der Waals surface area contributed by atoms with Crippen LogP contribution in [0.1, 0.15) is 13.8 Å². The van der Waals surface area contributed by atoms with Gasteiger partial charge in [0.2, 0.25) is 0 Å². The first kappa shape index (κ1) is 11.2. The smallest absolute Gasteiger partial charge is 0.104 e. The molecule has 0 aromatic heterocycles. The molecule has 0 bridgehead atoms. The van der Waals surface area contributed by atoms with Gasteiger partial charge in [-0.3, -0.25) is 5.41 Å². The van der Waals surface area contributed by atoms with Gasteiger partial charge in [0.05, 0.1) is 11.5 Å². The Morgan fingerprint density at radius 2 is 2.00 bits per heavy atom. The highest BCUT2D eigenvalue weighted by Crippen LogP contribution is 2.20. The monoisotopic (exact) mass is 301 g/mol. The molecule has 0 amide bonds. The van der Waals surface area contributed by atoms with Crippen molar-refractivity contribution in [3.63, 3.8) is 0 Å². The summed E-state index contributed by atoms with van der Waals surface area (Å²) < 4.78 is 1.11. The predicted octanol–water partition coefficient (Wildman–Crippen LogP) is 2.93. The lowest BCUT2D eigenvalue weighted by Gasteiger charge is -2.03. The Bertz CT molecular complexity index is 371. The predicted molar refractivity (Wildman–Crippen MR) is 68.5 cm³/mol. The van der Waals surface area contributed by atoms with E-state index in [1.807, 2.05) is 31.2 Å². The van der Waals surface area contributed by atoms with Gasteiger partial charge in [0.25, 0.3) is 0 Å². The van der Waals surface area contributed by atoms with Crippen molar-refractivity contribution in [2.75, 3.05) is 0 Å². The molecule has 1 aromatic carbocycles. The van der Waals surface area contributed by atoms with Crippen LogP contribution in [-0.4, -0.2) is 11.7 Å². The van der Waals surface area contributed by atoms with Gasteiger partial charge in [-0.15, -0.1) is 0 Å². The highest BCUT2D eigenvalue weighted by Gasteiger charge is 1.96. The van der Waals surface area contributed by atoms with Gasteiger partial charge < -0.3 is 5.32 Å². The molecule has 1 aromatic rings. The van der Waals surface area contributed by atoms with Crippen LogP contribution in [0.3, 0.4) is 0 Å². The van der Waals surface area contributed by atoms with Crippen LogP contribution >= 0.6 is 22.6 Å². The maximum atomic E-state index is 7.25. The number of halogens is 1. The summed E-state index contributed by atoms with van der Waals surface area (Å²) in [5.41, 5.74) is 0.930. The first-order valence-electron chi connectivity index (χ1n) is 4.21. The third kappa shape index (κ3) is 3.45. The molecule has 0 heterocycles. The van der Waals surface area contributed by atoms with Crippen molar-refractivity contribution in [2.45, 2.75) is 13.8 Å². The Morgan fingerprint density at radius 1 is 1.36 bits per heavy atom. The highest BCUT2D eigenvalue weighted by molar-refractivity contribution is 14.1. The van der Waals surface area contributed by atoms with E-state index in [2.05, 4.69) is 32.9 Å². The first-order valence-corrected chi connectivity index (χ1v) is 5.29.